The van der Waals surface area contributed by atoms with Crippen molar-refractivity contribution in [2.75, 3.05) is 26.2 Å². The highest BCUT2D eigenvalue weighted by Gasteiger charge is 2.31. The largest absolute Gasteiger partial charge is 0.354 e. The standard InChI is InChI=1S/C27H34N6OS/c1-16(2)23-24(20-12-17(3)26-29-15-30-33(26)14-20)31-21-13-22(35-25(21)23)18-4-6-19(7-5-18)27(34)32-10-8-28-9-11-32/h12-16,18-19,28,31H,4-11H2,1-3H3. The van der Waals surface area contributed by atoms with Crippen LogP contribution in [-0.2, 0) is 4.79 Å². The molecule has 4 aromatic heterocycles. The van der Waals surface area contributed by atoms with E-state index >= 15 is 0 Å². The minimum Gasteiger partial charge on any atom is -0.354 e. The number of hydrogen-bond donors (Lipinski definition) is 2. The molecule has 0 atom stereocenters. The summed E-state index contributed by atoms with van der Waals surface area (Å²) >= 11 is 1.95. The molecule has 1 aliphatic heterocycles. The second-order valence-corrected chi connectivity index (χ2v) is 11.6. The van der Waals surface area contributed by atoms with Crippen molar-refractivity contribution in [2.24, 2.45) is 5.92 Å². The van der Waals surface area contributed by atoms with Crippen molar-refractivity contribution in [2.45, 2.75) is 58.3 Å². The van der Waals surface area contributed by atoms with Crippen LogP contribution in [0.15, 0.2) is 24.7 Å². The number of piperazine rings is 1. The molecule has 2 fully saturated rings. The van der Waals surface area contributed by atoms with Gasteiger partial charge in [0.15, 0.2) is 5.65 Å². The molecule has 0 unspecified atom stereocenters. The first kappa shape index (κ1) is 22.7. The number of thiophene rings is 1. The highest BCUT2D eigenvalue weighted by Crippen LogP contribution is 2.45. The first-order valence-corrected chi connectivity index (χ1v) is 13.8. The Labute approximate surface area is 209 Å². The van der Waals surface area contributed by atoms with E-state index in [9.17, 15) is 4.79 Å². The van der Waals surface area contributed by atoms with Gasteiger partial charge in [0.25, 0.3) is 0 Å². The summed E-state index contributed by atoms with van der Waals surface area (Å²) in [6.45, 7) is 10.2. The number of hydrogen-bond acceptors (Lipinski definition) is 5. The second-order valence-electron chi connectivity index (χ2n) is 10.5. The lowest BCUT2D eigenvalue weighted by Gasteiger charge is -2.34. The molecule has 0 aromatic carbocycles. The first-order chi connectivity index (χ1) is 17.0. The Morgan fingerprint density at radius 2 is 1.91 bits per heavy atom. The molecule has 1 saturated carbocycles. The Bertz CT molecular complexity index is 1370. The maximum Gasteiger partial charge on any atom is 0.225 e. The number of amides is 1. The molecule has 2 N–H and O–H groups in total. The summed E-state index contributed by atoms with van der Waals surface area (Å²) in [6.07, 6.45) is 7.93. The van der Waals surface area contributed by atoms with E-state index in [1.165, 1.54) is 26.4 Å². The lowest BCUT2D eigenvalue weighted by molar-refractivity contribution is -0.137. The number of aromatic amines is 1. The van der Waals surface area contributed by atoms with Gasteiger partial charge in [0.1, 0.15) is 6.33 Å². The van der Waals surface area contributed by atoms with Crippen LogP contribution in [0.2, 0.25) is 0 Å². The van der Waals surface area contributed by atoms with Gasteiger partial charge < -0.3 is 15.2 Å². The summed E-state index contributed by atoms with van der Waals surface area (Å²) in [5.74, 6) is 1.56. The average molecular weight is 491 g/mol. The smallest absolute Gasteiger partial charge is 0.225 e. The van der Waals surface area contributed by atoms with E-state index in [4.69, 9.17) is 0 Å². The molecule has 1 aliphatic carbocycles. The SMILES string of the molecule is Cc1cc(-c2[nH]c3cc(C4CCC(C(=O)N5CCNCC5)CC4)sc3c2C(C)C)cn2ncnc12. The average Bonchev–Trinajstić information content (AvgIpc) is 3.58. The fraction of sp³-hybridized carbons (Fsp3) is 0.519. The topological polar surface area (TPSA) is 78.3 Å². The van der Waals surface area contributed by atoms with E-state index < -0.39 is 0 Å². The summed E-state index contributed by atoms with van der Waals surface area (Å²) < 4.78 is 3.25. The van der Waals surface area contributed by atoms with Crippen molar-refractivity contribution in [3.63, 3.8) is 0 Å². The quantitative estimate of drug-likeness (QED) is 0.418. The number of nitrogens with zero attached hydrogens (tertiary/aromatic N) is 4. The van der Waals surface area contributed by atoms with Crippen molar-refractivity contribution in [1.82, 2.24) is 29.8 Å². The van der Waals surface area contributed by atoms with Gasteiger partial charge in [-0.3, -0.25) is 4.79 Å². The van der Waals surface area contributed by atoms with Crippen LogP contribution in [0.4, 0.5) is 0 Å². The van der Waals surface area contributed by atoms with E-state index in [1.807, 2.05) is 15.9 Å². The molecule has 2 aliphatic rings. The Balaban J connectivity index is 1.24. The molecule has 0 bridgehead atoms. The number of rotatable bonds is 4. The molecule has 0 radical (unpaired) electrons. The first-order valence-electron chi connectivity index (χ1n) is 12.9. The third-order valence-corrected chi connectivity index (χ3v) is 9.19. The van der Waals surface area contributed by atoms with Gasteiger partial charge >= 0.3 is 0 Å². The van der Waals surface area contributed by atoms with Crippen LogP contribution in [-0.4, -0.2) is 56.6 Å². The third kappa shape index (κ3) is 4.06. The van der Waals surface area contributed by atoms with Gasteiger partial charge in [0.05, 0.1) is 15.9 Å². The monoisotopic (exact) mass is 490 g/mol. The van der Waals surface area contributed by atoms with Crippen LogP contribution >= 0.6 is 11.3 Å². The molecule has 5 heterocycles. The molecule has 7 nitrogen and oxygen atoms in total. The van der Waals surface area contributed by atoms with Crippen molar-refractivity contribution in [1.29, 1.82) is 0 Å². The van der Waals surface area contributed by atoms with Crippen LogP contribution < -0.4 is 5.32 Å². The van der Waals surface area contributed by atoms with Gasteiger partial charge in [0, 0.05) is 48.7 Å². The number of carbonyl (C=O) groups excluding carboxylic acids is 1. The zero-order valence-corrected chi connectivity index (χ0v) is 21.6. The predicted octanol–water partition coefficient (Wildman–Crippen LogP) is 5.08. The van der Waals surface area contributed by atoms with Crippen LogP contribution in [0.25, 0.3) is 27.1 Å². The number of H-pyrrole nitrogens is 1. The van der Waals surface area contributed by atoms with E-state index in [2.05, 4.69) is 64.4 Å². The number of carbonyl (C=O) groups is 1. The van der Waals surface area contributed by atoms with Gasteiger partial charge in [-0.15, -0.1) is 11.3 Å². The molecule has 1 saturated heterocycles. The molecule has 35 heavy (non-hydrogen) atoms. The Kier molecular flexibility index (Phi) is 5.89. The Hall–Kier alpha value is -2.71. The molecule has 6 rings (SSSR count). The highest BCUT2D eigenvalue weighted by molar-refractivity contribution is 7.19. The molecular formula is C27H34N6OS. The maximum absolute atomic E-state index is 13.0. The molecular weight excluding hydrogens is 456 g/mol. The summed E-state index contributed by atoms with van der Waals surface area (Å²) in [6, 6.07) is 4.59. The Morgan fingerprint density at radius 3 is 2.66 bits per heavy atom. The van der Waals surface area contributed by atoms with Crippen molar-refractivity contribution < 1.29 is 4.79 Å². The van der Waals surface area contributed by atoms with Gasteiger partial charge in [-0.05, 0) is 67.7 Å². The van der Waals surface area contributed by atoms with E-state index in [0.29, 0.717) is 17.7 Å². The zero-order valence-electron chi connectivity index (χ0n) is 20.8. The zero-order chi connectivity index (χ0) is 24.1. The van der Waals surface area contributed by atoms with Crippen LogP contribution in [0, 0.1) is 12.8 Å². The fourth-order valence-electron chi connectivity index (χ4n) is 6.00. The number of fused-ring (bicyclic) bond motifs is 2. The van der Waals surface area contributed by atoms with Gasteiger partial charge in [-0.2, -0.15) is 5.10 Å². The normalized spacial score (nSPS) is 21.4. The second kappa shape index (κ2) is 9.06. The third-order valence-electron chi connectivity index (χ3n) is 7.86. The maximum atomic E-state index is 13.0. The van der Waals surface area contributed by atoms with Crippen molar-refractivity contribution >= 4 is 33.1 Å². The predicted molar refractivity (Wildman–Crippen MR) is 141 cm³/mol. The lowest BCUT2D eigenvalue weighted by atomic mass is 9.80. The molecule has 1 amide bonds. The van der Waals surface area contributed by atoms with Crippen LogP contribution in [0.3, 0.4) is 0 Å². The number of nitrogens with one attached hydrogen (secondary N) is 2. The highest BCUT2D eigenvalue weighted by atomic mass is 32.1. The molecule has 184 valence electrons. The van der Waals surface area contributed by atoms with Crippen LogP contribution in [0.1, 0.15) is 67.4 Å². The van der Waals surface area contributed by atoms with E-state index in [1.54, 1.807) is 6.33 Å². The lowest BCUT2D eigenvalue weighted by Crippen LogP contribution is -2.48. The van der Waals surface area contributed by atoms with Crippen LogP contribution in [0.5, 0.6) is 0 Å². The summed E-state index contributed by atoms with van der Waals surface area (Å²) in [7, 11) is 0. The molecule has 0 spiro atoms. The summed E-state index contributed by atoms with van der Waals surface area (Å²) in [4.78, 5) is 24.6. The van der Waals surface area contributed by atoms with Crippen molar-refractivity contribution in [3.8, 4) is 11.3 Å². The summed E-state index contributed by atoms with van der Waals surface area (Å²) in [5.41, 5.74) is 7.00. The molecule has 4 aromatic rings. The number of aryl methyl sites for hydroxylation is 1. The Morgan fingerprint density at radius 1 is 1.14 bits per heavy atom. The number of pyridine rings is 1. The van der Waals surface area contributed by atoms with Crippen molar-refractivity contribution in [3.05, 3.63) is 40.7 Å². The number of aromatic nitrogens is 4. The van der Waals surface area contributed by atoms with E-state index in [0.717, 1.165) is 68.6 Å². The van der Waals surface area contributed by atoms with Gasteiger partial charge in [-0.1, -0.05) is 13.8 Å². The molecule has 8 heteroatoms. The minimum absolute atomic E-state index is 0.210. The fourth-order valence-corrected chi connectivity index (χ4v) is 7.48. The van der Waals surface area contributed by atoms with Gasteiger partial charge in [-0.25, -0.2) is 9.50 Å². The van der Waals surface area contributed by atoms with E-state index in [-0.39, 0.29) is 5.92 Å². The summed E-state index contributed by atoms with van der Waals surface area (Å²) in [5, 5.41) is 7.71. The minimum atomic E-state index is 0.210. The van der Waals surface area contributed by atoms with Gasteiger partial charge in [0.2, 0.25) is 5.91 Å².